The lowest BCUT2D eigenvalue weighted by atomic mass is 9.99. The fourth-order valence-electron chi connectivity index (χ4n) is 2.30. The lowest BCUT2D eigenvalue weighted by Gasteiger charge is -2.12. The van der Waals surface area contributed by atoms with Gasteiger partial charge in [0.2, 0.25) is 11.6 Å². The summed E-state index contributed by atoms with van der Waals surface area (Å²) < 4.78 is 95.4. The molecule has 9 heteroatoms. The Labute approximate surface area is 122 Å². The van der Waals surface area contributed by atoms with Crippen molar-refractivity contribution in [2.75, 3.05) is 0 Å². The first-order valence-electron chi connectivity index (χ1n) is 5.85. The van der Waals surface area contributed by atoms with Crippen molar-refractivity contribution in [3.8, 4) is 11.5 Å². The SMILES string of the molecule is Oc1c(F)c(F)c2cc3c(O)c(F)c(F)c(F)c3c(F)c2c1F. The summed E-state index contributed by atoms with van der Waals surface area (Å²) in [6.45, 7) is 0. The zero-order valence-corrected chi connectivity index (χ0v) is 10.6. The topological polar surface area (TPSA) is 40.5 Å². The second-order valence-corrected chi connectivity index (χ2v) is 4.62. The highest BCUT2D eigenvalue weighted by Gasteiger charge is 2.28. The van der Waals surface area contributed by atoms with E-state index in [4.69, 9.17) is 5.11 Å². The molecular weight excluding hydrogens is 333 g/mol. The Hall–Kier alpha value is -2.71. The molecule has 2 N–H and O–H groups in total. The van der Waals surface area contributed by atoms with Crippen LogP contribution in [0.2, 0.25) is 0 Å². The summed E-state index contributed by atoms with van der Waals surface area (Å²) in [6.07, 6.45) is 0. The van der Waals surface area contributed by atoms with Crippen molar-refractivity contribution in [2.24, 2.45) is 0 Å². The van der Waals surface area contributed by atoms with Crippen LogP contribution < -0.4 is 0 Å². The fraction of sp³-hybridized carbons (Fsp3) is 0. The molecule has 0 bridgehead atoms. The van der Waals surface area contributed by atoms with Crippen LogP contribution in [-0.4, -0.2) is 10.2 Å². The van der Waals surface area contributed by atoms with E-state index in [1.54, 1.807) is 0 Å². The molecule has 0 unspecified atom stereocenters. The van der Waals surface area contributed by atoms with Crippen LogP contribution in [0.4, 0.5) is 30.7 Å². The van der Waals surface area contributed by atoms with Gasteiger partial charge in [-0.05, 0) is 6.07 Å². The molecule has 3 rings (SSSR count). The van der Waals surface area contributed by atoms with Crippen molar-refractivity contribution < 1.29 is 40.9 Å². The summed E-state index contributed by atoms with van der Waals surface area (Å²) >= 11 is 0. The number of phenols is 2. The van der Waals surface area contributed by atoms with Crippen molar-refractivity contribution in [1.82, 2.24) is 0 Å². The van der Waals surface area contributed by atoms with Gasteiger partial charge >= 0.3 is 0 Å². The van der Waals surface area contributed by atoms with E-state index in [0.717, 1.165) is 0 Å². The van der Waals surface area contributed by atoms with Crippen LogP contribution in [0, 0.1) is 40.7 Å². The summed E-state index contributed by atoms with van der Waals surface area (Å²) in [5, 5.41) is 13.6. The quantitative estimate of drug-likeness (QED) is 0.277. The summed E-state index contributed by atoms with van der Waals surface area (Å²) in [7, 11) is 0. The molecule has 0 aliphatic rings. The smallest absolute Gasteiger partial charge is 0.204 e. The normalized spacial score (nSPS) is 11.6. The molecule has 3 aromatic rings. The van der Waals surface area contributed by atoms with E-state index < -0.39 is 73.8 Å². The molecule has 0 aliphatic heterocycles. The minimum atomic E-state index is -2.24. The van der Waals surface area contributed by atoms with Crippen LogP contribution in [0.3, 0.4) is 0 Å². The first-order chi connectivity index (χ1) is 10.7. The van der Waals surface area contributed by atoms with E-state index in [1.165, 1.54) is 0 Å². The molecule has 0 atom stereocenters. The molecule has 0 saturated heterocycles. The number of halogens is 7. The molecule has 0 saturated carbocycles. The van der Waals surface area contributed by atoms with Crippen LogP contribution >= 0.6 is 0 Å². The van der Waals surface area contributed by atoms with E-state index in [9.17, 15) is 35.8 Å². The third-order valence-corrected chi connectivity index (χ3v) is 3.40. The zero-order chi connectivity index (χ0) is 17.2. The highest BCUT2D eigenvalue weighted by atomic mass is 19.2. The Kier molecular flexibility index (Phi) is 3.07. The molecule has 0 aromatic heterocycles. The maximum Gasteiger partial charge on any atom is 0.204 e. The summed E-state index contributed by atoms with van der Waals surface area (Å²) in [5.74, 6) is -17.7. The van der Waals surface area contributed by atoms with Crippen LogP contribution in [0.15, 0.2) is 6.07 Å². The van der Waals surface area contributed by atoms with Gasteiger partial charge in [-0.3, -0.25) is 0 Å². The molecule has 0 aliphatic carbocycles. The number of rotatable bonds is 0. The molecule has 0 fully saturated rings. The average Bonchev–Trinajstić information content (AvgIpc) is 2.53. The maximum atomic E-state index is 14.3. The minimum Gasteiger partial charge on any atom is -0.504 e. The first kappa shape index (κ1) is 15.2. The fourth-order valence-corrected chi connectivity index (χ4v) is 2.30. The van der Waals surface area contributed by atoms with Crippen LogP contribution in [-0.2, 0) is 0 Å². The van der Waals surface area contributed by atoms with Crippen molar-refractivity contribution >= 4 is 21.5 Å². The van der Waals surface area contributed by atoms with Gasteiger partial charge in [0.1, 0.15) is 5.82 Å². The predicted octanol–water partition coefficient (Wildman–Crippen LogP) is 4.38. The van der Waals surface area contributed by atoms with Crippen molar-refractivity contribution in [3.63, 3.8) is 0 Å². The maximum absolute atomic E-state index is 14.3. The second kappa shape index (κ2) is 4.64. The van der Waals surface area contributed by atoms with Crippen molar-refractivity contribution in [3.05, 3.63) is 46.8 Å². The predicted molar refractivity (Wildman–Crippen MR) is 64.5 cm³/mol. The third-order valence-electron chi connectivity index (χ3n) is 3.40. The molecule has 23 heavy (non-hydrogen) atoms. The lowest BCUT2D eigenvalue weighted by molar-refractivity contribution is 0.381. The van der Waals surface area contributed by atoms with E-state index in [1.807, 2.05) is 0 Å². The van der Waals surface area contributed by atoms with Gasteiger partial charge < -0.3 is 10.2 Å². The monoisotopic (exact) mass is 336 g/mol. The van der Waals surface area contributed by atoms with Gasteiger partial charge in [-0.2, -0.15) is 8.78 Å². The number of hydrogen-bond acceptors (Lipinski definition) is 2. The van der Waals surface area contributed by atoms with Gasteiger partial charge in [0, 0.05) is 10.8 Å². The third kappa shape index (κ3) is 1.76. The van der Waals surface area contributed by atoms with Gasteiger partial charge in [0.05, 0.1) is 10.8 Å². The molecule has 120 valence electrons. The van der Waals surface area contributed by atoms with E-state index in [0.29, 0.717) is 6.07 Å². The van der Waals surface area contributed by atoms with Crippen molar-refractivity contribution in [1.29, 1.82) is 0 Å². The van der Waals surface area contributed by atoms with Gasteiger partial charge in [-0.1, -0.05) is 0 Å². The van der Waals surface area contributed by atoms with Gasteiger partial charge in [-0.25, -0.2) is 22.0 Å². The Morgan fingerprint density at radius 2 is 1.00 bits per heavy atom. The van der Waals surface area contributed by atoms with E-state index >= 15 is 0 Å². The number of benzene rings is 3. The summed E-state index contributed by atoms with van der Waals surface area (Å²) in [4.78, 5) is 0. The average molecular weight is 336 g/mol. The van der Waals surface area contributed by atoms with Gasteiger partial charge in [0.25, 0.3) is 0 Å². The van der Waals surface area contributed by atoms with Gasteiger partial charge in [-0.15, -0.1) is 0 Å². The van der Waals surface area contributed by atoms with Crippen LogP contribution in [0.1, 0.15) is 0 Å². The largest absolute Gasteiger partial charge is 0.504 e. The van der Waals surface area contributed by atoms with Crippen LogP contribution in [0.5, 0.6) is 11.5 Å². The Balaban J connectivity index is 2.73. The molecule has 0 heterocycles. The molecule has 0 radical (unpaired) electrons. The Morgan fingerprint density at radius 3 is 1.61 bits per heavy atom. The first-order valence-corrected chi connectivity index (χ1v) is 5.85. The molecule has 0 amide bonds. The Morgan fingerprint density at radius 1 is 0.478 bits per heavy atom. The summed E-state index contributed by atoms with van der Waals surface area (Å²) in [5.41, 5.74) is 0. The zero-order valence-electron chi connectivity index (χ0n) is 10.6. The molecule has 0 spiro atoms. The van der Waals surface area contributed by atoms with Crippen LogP contribution in [0.25, 0.3) is 21.5 Å². The number of fused-ring (bicyclic) bond motifs is 2. The van der Waals surface area contributed by atoms with E-state index in [-0.39, 0.29) is 0 Å². The standard InChI is InChI=1S/C14H3F7O2/c15-6-2-1-3-5(8(17)10(19)12(21)13(3)22)7(16)4(2)9(18)14(23)11(6)20/h1,22-23H. The lowest BCUT2D eigenvalue weighted by Crippen LogP contribution is -2.00. The molecular formula is C14H3F7O2. The highest BCUT2D eigenvalue weighted by Crippen LogP contribution is 2.41. The minimum absolute atomic E-state index is 0.343. The number of aromatic hydroxyl groups is 2. The summed E-state index contributed by atoms with van der Waals surface area (Å²) in [6, 6.07) is 0.343. The highest BCUT2D eigenvalue weighted by molar-refractivity contribution is 6.03. The number of hydrogen-bond donors (Lipinski definition) is 2. The van der Waals surface area contributed by atoms with Crippen molar-refractivity contribution in [2.45, 2.75) is 0 Å². The second-order valence-electron chi connectivity index (χ2n) is 4.62. The molecule has 3 aromatic carbocycles. The van der Waals surface area contributed by atoms with Gasteiger partial charge in [0.15, 0.2) is 34.8 Å². The van der Waals surface area contributed by atoms with E-state index in [2.05, 4.69) is 0 Å². The molecule has 2 nitrogen and oxygen atoms in total. The Bertz CT molecular complexity index is 936. The number of phenolic OH excluding ortho intramolecular Hbond substituents is 2.